The second kappa shape index (κ2) is 7.83. The van der Waals surface area contributed by atoms with Crippen LogP contribution in [0.2, 0.25) is 0 Å². The largest absolute Gasteiger partial charge is 0.339 e. The van der Waals surface area contributed by atoms with Crippen LogP contribution in [0, 0.1) is 5.92 Å². The Balaban J connectivity index is 2.06. The van der Waals surface area contributed by atoms with E-state index in [2.05, 4.69) is 31.4 Å². The van der Waals surface area contributed by atoms with Crippen molar-refractivity contribution < 1.29 is 9.59 Å². The molecule has 1 heterocycles. The maximum Gasteiger partial charge on any atom is 0.262 e. The van der Waals surface area contributed by atoms with Crippen molar-refractivity contribution in [1.82, 2.24) is 5.32 Å². The Labute approximate surface area is 153 Å². The highest BCUT2D eigenvalue weighted by Crippen LogP contribution is 2.23. The SMILES string of the molecule is CC(C)[C@@H](NC(=O)c1cccs1)C(=O)Nc1ccc(C(C)(C)C)cc1. The van der Waals surface area contributed by atoms with E-state index >= 15 is 0 Å². The summed E-state index contributed by atoms with van der Waals surface area (Å²) in [6.07, 6.45) is 0. The number of hydrogen-bond acceptors (Lipinski definition) is 3. The summed E-state index contributed by atoms with van der Waals surface area (Å²) in [5.41, 5.74) is 2.00. The van der Waals surface area contributed by atoms with Gasteiger partial charge in [-0.2, -0.15) is 0 Å². The molecule has 0 fully saturated rings. The van der Waals surface area contributed by atoms with Crippen LogP contribution in [-0.4, -0.2) is 17.9 Å². The van der Waals surface area contributed by atoms with E-state index in [1.807, 2.05) is 49.6 Å². The predicted octanol–water partition coefficient (Wildman–Crippen LogP) is 4.44. The van der Waals surface area contributed by atoms with Gasteiger partial charge in [0.05, 0.1) is 4.88 Å². The third-order valence-electron chi connectivity index (χ3n) is 4.00. The average molecular weight is 359 g/mol. The van der Waals surface area contributed by atoms with E-state index in [0.29, 0.717) is 4.88 Å². The lowest BCUT2D eigenvalue weighted by Crippen LogP contribution is -2.46. The first-order valence-electron chi connectivity index (χ1n) is 8.44. The van der Waals surface area contributed by atoms with Crippen molar-refractivity contribution in [2.75, 3.05) is 5.32 Å². The fourth-order valence-corrected chi connectivity index (χ4v) is 3.06. The zero-order valence-electron chi connectivity index (χ0n) is 15.4. The van der Waals surface area contributed by atoms with E-state index in [4.69, 9.17) is 0 Å². The first-order valence-corrected chi connectivity index (χ1v) is 9.32. The molecule has 0 aliphatic heterocycles. The van der Waals surface area contributed by atoms with Gasteiger partial charge in [0.1, 0.15) is 6.04 Å². The molecule has 134 valence electrons. The van der Waals surface area contributed by atoms with E-state index in [1.54, 1.807) is 6.07 Å². The topological polar surface area (TPSA) is 58.2 Å². The van der Waals surface area contributed by atoms with E-state index in [0.717, 1.165) is 5.69 Å². The molecule has 0 saturated carbocycles. The van der Waals surface area contributed by atoms with Crippen LogP contribution >= 0.6 is 11.3 Å². The smallest absolute Gasteiger partial charge is 0.262 e. The van der Waals surface area contributed by atoms with Gasteiger partial charge in [-0.15, -0.1) is 11.3 Å². The van der Waals surface area contributed by atoms with Gasteiger partial charge in [0, 0.05) is 5.69 Å². The van der Waals surface area contributed by atoms with Crippen molar-refractivity contribution in [1.29, 1.82) is 0 Å². The fourth-order valence-electron chi connectivity index (χ4n) is 2.43. The van der Waals surface area contributed by atoms with Crippen molar-refractivity contribution >= 4 is 28.8 Å². The number of carbonyl (C=O) groups is 2. The number of amides is 2. The van der Waals surface area contributed by atoms with E-state index in [1.165, 1.54) is 16.9 Å². The van der Waals surface area contributed by atoms with Gasteiger partial charge < -0.3 is 10.6 Å². The van der Waals surface area contributed by atoms with Crippen LogP contribution in [-0.2, 0) is 10.2 Å². The number of carbonyl (C=O) groups excluding carboxylic acids is 2. The minimum absolute atomic E-state index is 0.0160. The first kappa shape index (κ1) is 19.2. The molecule has 0 aliphatic rings. The summed E-state index contributed by atoms with van der Waals surface area (Å²) in [5, 5.41) is 7.58. The second-order valence-corrected chi connectivity index (χ2v) is 8.44. The summed E-state index contributed by atoms with van der Waals surface area (Å²) < 4.78 is 0. The Morgan fingerprint density at radius 1 is 1.04 bits per heavy atom. The van der Waals surface area contributed by atoms with Crippen molar-refractivity contribution in [3.63, 3.8) is 0 Å². The lowest BCUT2D eigenvalue weighted by atomic mass is 9.87. The van der Waals surface area contributed by atoms with Crippen LogP contribution in [0.15, 0.2) is 41.8 Å². The molecule has 5 heteroatoms. The minimum atomic E-state index is -0.586. The number of rotatable bonds is 5. The standard InChI is InChI=1S/C20H26N2O2S/c1-13(2)17(22-18(23)16-7-6-12-25-16)19(24)21-15-10-8-14(9-11-15)20(3,4)5/h6-13,17H,1-5H3,(H,21,24)(H,22,23)/t17-/m1/s1. The van der Waals surface area contributed by atoms with Gasteiger partial charge in [0.25, 0.3) is 5.91 Å². The number of benzene rings is 1. The maximum absolute atomic E-state index is 12.6. The molecular weight excluding hydrogens is 332 g/mol. The molecule has 1 atom stereocenters. The molecule has 0 unspecified atom stereocenters. The van der Waals surface area contributed by atoms with Gasteiger partial charge in [-0.05, 0) is 40.5 Å². The quantitative estimate of drug-likeness (QED) is 0.830. The van der Waals surface area contributed by atoms with Crippen LogP contribution in [0.25, 0.3) is 0 Å². The summed E-state index contributed by atoms with van der Waals surface area (Å²) in [6, 6.07) is 10.8. The molecule has 0 radical (unpaired) electrons. The summed E-state index contributed by atoms with van der Waals surface area (Å²) in [7, 11) is 0. The fraction of sp³-hybridized carbons (Fsp3) is 0.400. The molecule has 4 nitrogen and oxygen atoms in total. The number of anilines is 1. The van der Waals surface area contributed by atoms with Gasteiger partial charge >= 0.3 is 0 Å². The molecule has 2 N–H and O–H groups in total. The van der Waals surface area contributed by atoms with E-state index < -0.39 is 6.04 Å². The van der Waals surface area contributed by atoms with Crippen LogP contribution < -0.4 is 10.6 Å². The monoisotopic (exact) mass is 358 g/mol. The zero-order chi connectivity index (χ0) is 18.6. The van der Waals surface area contributed by atoms with Crippen molar-refractivity contribution in [3.05, 3.63) is 52.2 Å². The highest BCUT2D eigenvalue weighted by Gasteiger charge is 2.25. The van der Waals surface area contributed by atoms with Crippen LogP contribution in [0.4, 0.5) is 5.69 Å². The molecular formula is C20H26N2O2S. The lowest BCUT2D eigenvalue weighted by Gasteiger charge is -2.22. The van der Waals surface area contributed by atoms with Gasteiger partial charge in [-0.25, -0.2) is 0 Å². The predicted molar refractivity (Wildman–Crippen MR) is 104 cm³/mol. The molecule has 1 aromatic heterocycles. The van der Waals surface area contributed by atoms with Gasteiger partial charge in [-0.3, -0.25) is 9.59 Å². The summed E-state index contributed by atoms with van der Waals surface area (Å²) in [6.45, 7) is 10.3. The molecule has 25 heavy (non-hydrogen) atoms. The van der Waals surface area contributed by atoms with Crippen molar-refractivity contribution in [2.24, 2.45) is 5.92 Å². The second-order valence-electron chi connectivity index (χ2n) is 7.49. The Morgan fingerprint density at radius 2 is 1.68 bits per heavy atom. The molecule has 0 saturated heterocycles. The van der Waals surface area contributed by atoms with Gasteiger partial charge in [0.15, 0.2) is 0 Å². The third kappa shape index (κ3) is 5.16. The third-order valence-corrected chi connectivity index (χ3v) is 4.87. The number of thiophene rings is 1. The van der Waals surface area contributed by atoms with E-state index in [9.17, 15) is 9.59 Å². The Kier molecular flexibility index (Phi) is 6.01. The molecule has 0 bridgehead atoms. The Hall–Kier alpha value is -2.14. The van der Waals surface area contributed by atoms with Crippen molar-refractivity contribution in [2.45, 2.75) is 46.1 Å². The maximum atomic E-state index is 12.6. The van der Waals surface area contributed by atoms with Crippen LogP contribution in [0.1, 0.15) is 49.9 Å². The molecule has 2 amide bonds. The number of hydrogen-bond donors (Lipinski definition) is 2. The summed E-state index contributed by atoms with van der Waals surface area (Å²) >= 11 is 1.36. The molecule has 0 aliphatic carbocycles. The summed E-state index contributed by atoms with van der Waals surface area (Å²) in [4.78, 5) is 25.5. The molecule has 2 rings (SSSR count). The normalized spacial score (nSPS) is 12.7. The van der Waals surface area contributed by atoms with Crippen LogP contribution in [0.5, 0.6) is 0 Å². The van der Waals surface area contributed by atoms with Gasteiger partial charge in [0.2, 0.25) is 5.91 Å². The summed E-state index contributed by atoms with van der Waals surface area (Å²) in [5.74, 6) is -0.437. The lowest BCUT2D eigenvalue weighted by molar-refractivity contribution is -0.118. The van der Waals surface area contributed by atoms with E-state index in [-0.39, 0.29) is 23.1 Å². The van der Waals surface area contributed by atoms with Crippen molar-refractivity contribution in [3.8, 4) is 0 Å². The number of nitrogens with one attached hydrogen (secondary N) is 2. The highest BCUT2D eigenvalue weighted by atomic mass is 32.1. The van der Waals surface area contributed by atoms with Gasteiger partial charge in [-0.1, -0.05) is 52.8 Å². The molecule has 2 aromatic rings. The zero-order valence-corrected chi connectivity index (χ0v) is 16.2. The highest BCUT2D eigenvalue weighted by molar-refractivity contribution is 7.12. The minimum Gasteiger partial charge on any atom is -0.339 e. The van der Waals surface area contributed by atoms with Crippen LogP contribution in [0.3, 0.4) is 0 Å². The molecule has 1 aromatic carbocycles. The Morgan fingerprint density at radius 3 is 2.16 bits per heavy atom. The average Bonchev–Trinajstić information content (AvgIpc) is 3.06. The Bertz CT molecular complexity index is 713. The molecule has 0 spiro atoms. The first-order chi connectivity index (χ1) is 11.7.